The third-order valence-electron chi connectivity index (χ3n) is 3.30. The van der Waals surface area contributed by atoms with E-state index < -0.39 is 0 Å². The molecule has 1 amide bonds. The lowest BCUT2D eigenvalue weighted by Crippen LogP contribution is -2.22. The normalized spacial score (nSPS) is 10.3. The number of amides is 1. The van der Waals surface area contributed by atoms with Gasteiger partial charge < -0.3 is 10.1 Å². The van der Waals surface area contributed by atoms with Crippen LogP contribution < -0.4 is 10.1 Å². The van der Waals surface area contributed by atoms with Crippen molar-refractivity contribution in [2.24, 2.45) is 0 Å². The molecule has 0 aliphatic heterocycles. The van der Waals surface area contributed by atoms with Gasteiger partial charge in [-0.2, -0.15) is 0 Å². The maximum atomic E-state index is 11.8. The zero-order valence-electron chi connectivity index (χ0n) is 12.6. The van der Waals surface area contributed by atoms with Crippen LogP contribution in [0.4, 0.5) is 0 Å². The van der Waals surface area contributed by atoms with Gasteiger partial charge in [-0.15, -0.1) is 0 Å². The van der Waals surface area contributed by atoms with E-state index in [1.807, 2.05) is 55.5 Å². The van der Waals surface area contributed by atoms with Gasteiger partial charge in [-0.1, -0.05) is 41.9 Å². The highest BCUT2D eigenvalue weighted by Crippen LogP contribution is 2.16. The third kappa shape index (κ3) is 5.41. The summed E-state index contributed by atoms with van der Waals surface area (Å²) >= 11 is 5.82. The summed E-state index contributed by atoms with van der Waals surface area (Å²) in [6.45, 7) is 3.07. The van der Waals surface area contributed by atoms with Crippen LogP contribution in [0.15, 0.2) is 48.5 Å². The summed E-state index contributed by atoms with van der Waals surface area (Å²) in [4.78, 5) is 11.8. The minimum Gasteiger partial charge on any atom is -0.493 e. The van der Waals surface area contributed by atoms with Crippen LogP contribution in [0, 0.1) is 6.92 Å². The molecule has 0 atom stereocenters. The van der Waals surface area contributed by atoms with E-state index in [2.05, 4.69) is 5.32 Å². The van der Waals surface area contributed by atoms with E-state index in [0.717, 1.165) is 16.9 Å². The summed E-state index contributed by atoms with van der Waals surface area (Å²) in [5.74, 6) is 0.910. The molecule has 0 saturated carbocycles. The quantitative estimate of drug-likeness (QED) is 0.780. The van der Waals surface area contributed by atoms with Crippen LogP contribution in [0.3, 0.4) is 0 Å². The molecule has 2 rings (SSSR count). The Kier molecular flexibility index (Phi) is 6.28. The van der Waals surface area contributed by atoms with Crippen LogP contribution in [0.25, 0.3) is 0 Å². The number of benzene rings is 2. The number of carbonyl (C=O) groups excluding carboxylic acids is 1. The summed E-state index contributed by atoms with van der Waals surface area (Å²) in [5.41, 5.74) is 2.14. The summed E-state index contributed by atoms with van der Waals surface area (Å²) in [6, 6.07) is 15.3. The zero-order valence-corrected chi connectivity index (χ0v) is 13.4. The molecule has 0 fully saturated rings. The van der Waals surface area contributed by atoms with Crippen molar-refractivity contribution in [3.63, 3.8) is 0 Å². The van der Waals surface area contributed by atoms with E-state index in [1.165, 1.54) is 0 Å². The first-order valence-electron chi connectivity index (χ1n) is 7.35. The van der Waals surface area contributed by atoms with Gasteiger partial charge in [-0.05, 0) is 42.7 Å². The molecule has 0 heterocycles. The number of nitrogens with one attached hydrogen (secondary N) is 1. The van der Waals surface area contributed by atoms with Gasteiger partial charge >= 0.3 is 0 Å². The molecule has 4 heteroatoms. The van der Waals surface area contributed by atoms with Crippen LogP contribution in [0.2, 0.25) is 5.02 Å². The summed E-state index contributed by atoms with van der Waals surface area (Å²) in [6.07, 6.45) is 1.15. The van der Waals surface area contributed by atoms with Crippen LogP contribution in [-0.2, 0) is 11.3 Å². The minimum atomic E-state index is 0.0309. The molecule has 0 aromatic heterocycles. The molecule has 0 radical (unpaired) electrons. The Morgan fingerprint density at radius 2 is 1.86 bits per heavy atom. The largest absolute Gasteiger partial charge is 0.493 e. The molecule has 1 N–H and O–H groups in total. The van der Waals surface area contributed by atoms with Crippen molar-refractivity contribution in [3.05, 3.63) is 64.7 Å². The van der Waals surface area contributed by atoms with Crippen LogP contribution in [0.5, 0.6) is 5.75 Å². The third-order valence-corrected chi connectivity index (χ3v) is 3.55. The predicted octanol–water partition coefficient (Wildman–Crippen LogP) is 4.12. The van der Waals surface area contributed by atoms with Gasteiger partial charge in [-0.25, -0.2) is 0 Å². The molecule has 2 aromatic rings. The van der Waals surface area contributed by atoms with Crippen molar-refractivity contribution in [2.75, 3.05) is 6.61 Å². The maximum Gasteiger partial charge on any atom is 0.220 e. The fraction of sp³-hybridized carbons (Fsp3) is 0.278. The van der Waals surface area contributed by atoms with Crippen molar-refractivity contribution < 1.29 is 9.53 Å². The summed E-state index contributed by atoms with van der Waals surface area (Å²) in [7, 11) is 0. The highest BCUT2D eigenvalue weighted by Gasteiger charge is 2.03. The average molecular weight is 318 g/mol. The second-order valence-corrected chi connectivity index (χ2v) is 5.56. The van der Waals surface area contributed by atoms with Gasteiger partial charge in [0.15, 0.2) is 0 Å². The number of hydrogen-bond acceptors (Lipinski definition) is 2. The van der Waals surface area contributed by atoms with E-state index in [-0.39, 0.29) is 5.91 Å². The Labute approximate surface area is 136 Å². The molecule has 116 valence electrons. The minimum absolute atomic E-state index is 0.0309. The van der Waals surface area contributed by atoms with Crippen molar-refractivity contribution in [3.8, 4) is 5.75 Å². The number of rotatable bonds is 7. The SMILES string of the molecule is Cc1ccccc1OCCCC(=O)NCc1ccc(Cl)cc1. The van der Waals surface area contributed by atoms with Gasteiger partial charge in [0.1, 0.15) is 5.75 Å². The number of ether oxygens (including phenoxy) is 1. The molecule has 0 aliphatic rings. The average Bonchev–Trinajstić information content (AvgIpc) is 2.52. The fourth-order valence-corrected chi connectivity index (χ4v) is 2.15. The number of para-hydroxylation sites is 1. The Hall–Kier alpha value is -2.00. The monoisotopic (exact) mass is 317 g/mol. The van der Waals surface area contributed by atoms with Gasteiger partial charge in [0.05, 0.1) is 6.61 Å². The van der Waals surface area contributed by atoms with E-state index in [4.69, 9.17) is 16.3 Å². The first-order chi connectivity index (χ1) is 10.6. The van der Waals surface area contributed by atoms with Crippen LogP contribution in [-0.4, -0.2) is 12.5 Å². The molecule has 0 bridgehead atoms. The lowest BCUT2D eigenvalue weighted by molar-refractivity contribution is -0.121. The second kappa shape index (κ2) is 8.44. The molecule has 22 heavy (non-hydrogen) atoms. The van der Waals surface area contributed by atoms with Crippen molar-refractivity contribution >= 4 is 17.5 Å². The Bertz CT molecular complexity index is 611. The second-order valence-electron chi connectivity index (χ2n) is 5.12. The number of carbonyl (C=O) groups is 1. The molecule has 2 aromatic carbocycles. The predicted molar refractivity (Wildman–Crippen MR) is 89.2 cm³/mol. The first kappa shape index (κ1) is 16.4. The Balaban J connectivity index is 1.64. The zero-order chi connectivity index (χ0) is 15.8. The maximum absolute atomic E-state index is 11.8. The van der Waals surface area contributed by atoms with Gasteiger partial charge in [0.25, 0.3) is 0 Å². The lowest BCUT2D eigenvalue weighted by atomic mass is 10.2. The highest BCUT2D eigenvalue weighted by atomic mass is 35.5. The van der Waals surface area contributed by atoms with E-state index in [9.17, 15) is 4.79 Å². The summed E-state index contributed by atoms with van der Waals surface area (Å²) < 4.78 is 5.67. The fourth-order valence-electron chi connectivity index (χ4n) is 2.02. The highest BCUT2D eigenvalue weighted by molar-refractivity contribution is 6.30. The molecular weight excluding hydrogens is 298 g/mol. The molecule has 0 aliphatic carbocycles. The van der Waals surface area contributed by atoms with Gasteiger partial charge in [-0.3, -0.25) is 4.79 Å². The van der Waals surface area contributed by atoms with E-state index in [0.29, 0.717) is 31.0 Å². The molecule has 0 spiro atoms. The van der Waals surface area contributed by atoms with Crippen molar-refractivity contribution in [1.82, 2.24) is 5.32 Å². The van der Waals surface area contributed by atoms with Gasteiger partial charge in [0, 0.05) is 18.0 Å². The first-order valence-corrected chi connectivity index (χ1v) is 7.72. The van der Waals surface area contributed by atoms with E-state index >= 15 is 0 Å². The topological polar surface area (TPSA) is 38.3 Å². The Morgan fingerprint density at radius 1 is 1.14 bits per heavy atom. The molecular formula is C18H20ClNO2. The number of aryl methyl sites for hydroxylation is 1. The number of halogens is 1. The molecule has 0 unspecified atom stereocenters. The van der Waals surface area contributed by atoms with Crippen LogP contribution in [0.1, 0.15) is 24.0 Å². The lowest BCUT2D eigenvalue weighted by Gasteiger charge is -2.09. The smallest absolute Gasteiger partial charge is 0.220 e. The molecule has 3 nitrogen and oxygen atoms in total. The van der Waals surface area contributed by atoms with Crippen LogP contribution >= 0.6 is 11.6 Å². The van der Waals surface area contributed by atoms with Gasteiger partial charge in [0.2, 0.25) is 5.91 Å². The summed E-state index contributed by atoms with van der Waals surface area (Å²) in [5, 5.41) is 3.59. The molecule has 0 saturated heterocycles. The number of hydrogen-bond donors (Lipinski definition) is 1. The van der Waals surface area contributed by atoms with E-state index in [1.54, 1.807) is 0 Å². The Morgan fingerprint density at radius 3 is 2.59 bits per heavy atom. The standard InChI is InChI=1S/C18H20ClNO2/c1-14-5-2-3-6-17(14)22-12-4-7-18(21)20-13-15-8-10-16(19)11-9-15/h2-3,5-6,8-11H,4,7,12-13H2,1H3,(H,20,21). The van der Waals surface area contributed by atoms with Crippen molar-refractivity contribution in [2.45, 2.75) is 26.3 Å². The van der Waals surface area contributed by atoms with Crippen molar-refractivity contribution in [1.29, 1.82) is 0 Å².